The Balaban J connectivity index is 2.11. The highest BCUT2D eigenvalue weighted by molar-refractivity contribution is 5.48. The lowest BCUT2D eigenvalue weighted by atomic mass is 10.0. The van der Waals surface area contributed by atoms with E-state index in [9.17, 15) is 26.7 Å². The highest BCUT2D eigenvalue weighted by atomic mass is 19.4. The second-order valence-electron chi connectivity index (χ2n) is 7.88. The van der Waals surface area contributed by atoms with Gasteiger partial charge in [0.1, 0.15) is 12.2 Å². The monoisotopic (exact) mass is 424 g/mol. The van der Waals surface area contributed by atoms with Crippen LogP contribution in [0.3, 0.4) is 0 Å². The van der Waals surface area contributed by atoms with E-state index in [0.29, 0.717) is 0 Å². The molecule has 1 aromatic rings. The Morgan fingerprint density at radius 2 is 1.97 bits per heavy atom. The standard InChI is InChI=1S/C18H25F5N4O2/c1-10(2)12(19)8-27-13(18(21,22)23)4-5-26-16(28)14(20)15(24-17(26)27)25-6-7-29-9-11(25)3/h10-13H,4-9H2,1-3H3/t11-,12?,13+/m1/s1. The average molecular weight is 424 g/mol. The van der Waals surface area contributed by atoms with Gasteiger partial charge >= 0.3 is 6.18 Å². The number of anilines is 2. The lowest BCUT2D eigenvalue weighted by Gasteiger charge is -2.41. The molecule has 11 heteroatoms. The maximum absolute atomic E-state index is 14.8. The molecule has 0 N–H and O–H groups in total. The van der Waals surface area contributed by atoms with Crippen LogP contribution < -0.4 is 15.4 Å². The number of fused-ring (bicyclic) bond motifs is 1. The van der Waals surface area contributed by atoms with Gasteiger partial charge in [0.05, 0.1) is 25.8 Å². The van der Waals surface area contributed by atoms with E-state index in [1.165, 1.54) is 4.90 Å². The zero-order valence-electron chi connectivity index (χ0n) is 16.5. The van der Waals surface area contributed by atoms with Crippen LogP contribution in [0.25, 0.3) is 0 Å². The molecule has 0 aromatic carbocycles. The first-order chi connectivity index (χ1) is 13.5. The van der Waals surface area contributed by atoms with Crippen molar-refractivity contribution in [3.05, 3.63) is 16.2 Å². The largest absolute Gasteiger partial charge is 0.408 e. The summed E-state index contributed by atoms with van der Waals surface area (Å²) in [6, 6.07) is -2.31. The van der Waals surface area contributed by atoms with E-state index in [1.54, 1.807) is 20.8 Å². The van der Waals surface area contributed by atoms with Crippen LogP contribution in [0.1, 0.15) is 27.2 Å². The summed E-state index contributed by atoms with van der Waals surface area (Å²) < 4.78 is 76.4. The topological polar surface area (TPSA) is 50.6 Å². The molecule has 1 aromatic heterocycles. The molecular formula is C18H25F5N4O2. The van der Waals surface area contributed by atoms with Crippen LogP contribution in [0.15, 0.2) is 4.79 Å². The molecule has 2 aliphatic rings. The van der Waals surface area contributed by atoms with Crippen molar-refractivity contribution in [1.29, 1.82) is 0 Å². The van der Waals surface area contributed by atoms with Crippen LogP contribution in [-0.2, 0) is 11.3 Å². The van der Waals surface area contributed by atoms with Crippen LogP contribution in [0.4, 0.5) is 33.7 Å². The first kappa shape index (κ1) is 21.8. The molecule has 6 nitrogen and oxygen atoms in total. The smallest absolute Gasteiger partial charge is 0.377 e. The lowest BCUT2D eigenvalue weighted by Crippen LogP contribution is -2.55. The van der Waals surface area contributed by atoms with E-state index in [1.807, 2.05) is 0 Å². The van der Waals surface area contributed by atoms with Crippen molar-refractivity contribution in [3.8, 4) is 0 Å². The molecule has 1 unspecified atom stereocenters. The van der Waals surface area contributed by atoms with E-state index >= 15 is 0 Å². The Hall–Kier alpha value is -1.91. The van der Waals surface area contributed by atoms with E-state index < -0.39 is 48.6 Å². The van der Waals surface area contributed by atoms with Gasteiger partial charge in [-0.2, -0.15) is 22.5 Å². The van der Waals surface area contributed by atoms with Crippen molar-refractivity contribution >= 4 is 11.8 Å². The second kappa shape index (κ2) is 8.08. The molecule has 164 valence electrons. The molecule has 1 fully saturated rings. The highest BCUT2D eigenvalue weighted by Crippen LogP contribution is 2.35. The number of morpholine rings is 1. The van der Waals surface area contributed by atoms with Crippen molar-refractivity contribution in [1.82, 2.24) is 9.55 Å². The molecule has 3 atom stereocenters. The van der Waals surface area contributed by atoms with Gasteiger partial charge in [-0.05, 0) is 19.3 Å². The summed E-state index contributed by atoms with van der Waals surface area (Å²) in [5, 5.41) is 0. The summed E-state index contributed by atoms with van der Waals surface area (Å²) in [5.74, 6) is -2.30. The van der Waals surface area contributed by atoms with Crippen molar-refractivity contribution in [2.75, 3.05) is 36.1 Å². The fraction of sp³-hybridized carbons (Fsp3) is 0.778. The minimum Gasteiger partial charge on any atom is -0.377 e. The molecule has 0 aliphatic carbocycles. The molecule has 0 saturated carbocycles. The number of hydrogen-bond donors (Lipinski definition) is 0. The third kappa shape index (κ3) is 4.19. The van der Waals surface area contributed by atoms with Crippen LogP contribution >= 0.6 is 0 Å². The van der Waals surface area contributed by atoms with E-state index in [4.69, 9.17) is 4.74 Å². The summed E-state index contributed by atoms with van der Waals surface area (Å²) in [6.07, 6.45) is -6.69. The van der Waals surface area contributed by atoms with Gasteiger partial charge < -0.3 is 14.5 Å². The van der Waals surface area contributed by atoms with Gasteiger partial charge in [0, 0.05) is 13.1 Å². The van der Waals surface area contributed by atoms with Crippen LogP contribution in [0.5, 0.6) is 0 Å². The number of nitrogens with zero attached hydrogens (tertiary/aromatic N) is 4. The van der Waals surface area contributed by atoms with Gasteiger partial charge in [0.25, 0.3) is 5.56 Å². The van der Waals surface area contributed by atoms with Crippen LogP contribution in [0, 0.1) is 11.7 Å². The first-order valence-corrected chi connectivity index (χ1v) is 9.64. The summed E-state index contributed by atoms with van der Waals surface area (Å²) in [6.45, 7) is 4.73. The first-order valence-electron chi connectivity index (χ1n) is 9.64. The average Bonchev–Trinajstić information content (AvgIpc) is 2.64. The van der Waals surface area contributed by atoms with Gasteiger partial charge in [-0.15, -0.1) is 0 Å². The molecule has 1 saturated heterocycles. The summed E-state index contributed by atoms with van der Waals surface area (Å²) in [5.41, 5.74) is -1.05. The van der Waals surface area contributed by atoms with Crippen molar-refractivity contribution < 1.29 is 26.7 Å². The molecule has 2 aliphatic heterocycles. The molecule has 0 radical (unpaired) electrons. The van der Waals surface area contributed by atoms with E-state index in [0.717, 1.165) is 9.47 Å². The number of hydrogen-bond acceptors (Lipinski definition) is 5. The Morgan fingerprint density at radius 1 is 1.28 bits per heavy atom. The highest BCUT2D eigenvalue weighted by Gasteiger charge is 2.48. The zero-order chi connectivity index (χ0) is 21.5. The van der Waals surface area contributed by atoms with Crippen molar-refractivity contribution in [3.63, 3.8) is 0 Å². The molecule has 29 heavy (non-hydrogen) atoms. The second-order valence-corrected chi connectivity index (χ2v) is 7.88. The third-order valence-electron chi connectivity index (χ3n) is 5.45. The predicted molar refractivity (Wildman–Crippen MR) is 97.6 cm³/mol. The fourth-order valence-corrected chi connectivity index (χ4v) is 3.66. The minimum absolute atomic E-state index is 0.244. The molecule has 0 bridgehead atoms. The summed E-state index contributed by atoms with van der Waals surface area (Å²) in [7, 11) is 0. The van der Waals surface area contributed by atoms with Gasteiger partial charge in [-0.3, -0.25) is 9.36 Å². The Labute approximate surface area is 165 Å². The summed E-state index contributed by atoms with van der Waals surface area (Å²) >= 11 is 0. The van der Waals surface area contributed by atoms with E-state index in [-0.39, 0.29) is 44.1 Å². The van der Waals surface area contributed by atoms with Crippen LogP contribution in [-0.4, -0.2) is 60.3 Å². The number of alkyl halides is 4. The van der Waals surface area contributed by atoms with Gasteiger partial charge in [-0.1, -0.05) is 13.8 Å². The third-order valence-corrected chi connectivity index (χ3v) is 5.45. The Bertz CT molecular complexity index is 798. The normalized spacial score (nSPS) is 24.0. The van der Waals surface area contributed by atoms with Gasteiger partial charge in [0.15, 0.2) is 5.82 Å². The van der Waals surface area contributed by atoms with Gasteiger partial charge in [0.2, 0.25) is 11.8 Å². The molecule has 3 heterocycles. The number of ether oxygens (including phenoxy) is 1. The van der Waals surface area contributed by atoms with Crippen molar-refractivity contribution in [2.24, 2.45) is 5.92 Å². The Kier molecular flexibility index (Phi) is 6.07. The predicted octanol–water partition coefficient (Wildman–Crippen LogP) is 2.74. The molecule has 0 spiro atoms. The number of halogens is 5. The molecule has 3 rings (SSSR count). The molecule has 0 amide bonds. The zero-order valence-corrected chi connectivity index (χ0v) is 16.5. The SMILES string of the molecule is CC(C)C(F)CN1c2nc(N3CCOC[C@H]3C)c(F)c(=O)n2CC[C@H]1C(F)(F)F. The Morgan fingerprint density at radius 3 is 2.55 bits per heavy atom. The fourth-order valence-electron chi connectivity index (χ4n) is 3.66. The maximum atomic E-state index is 14.8. The van der Waals surface area contributed by atoms with Crippen molar-refractivity contribution in [2.45, 2.75) is 58.2 Å². The molecular weight excluding hydrogens is 399 g/mol. The van der Waals surface area contributed by atoms with E-state index in [2.05, 4.69) is 4.98 Å². The number of rotatable bonds is 4. The minimum atomic E-state index is -4.64. The summed E-state index contributed by atoms with van der Waals surface area (Å²) in [4.78, 5) is 19.0. The lowest BCUT2D eigenvalue weighted by molar-refractivity contribution is -0.153. The van der Waals surface area contributed by atoms with Crippen LogP contribution in [0.2, 0.25) is 0 Å². The number of aromatic nitrogens is 2. The quantitative estimate of drug-likeness (QED) is 0.696. The van der Waals surface area contributed by atoms with Gasteiger partial charge in [-0.25, -0.2) is 4.39 Å². The maximum Gasteiger partial charge on any atom is 0.408 e.